The molecule has 0 spiro atoms. The van der Waals surface area contributed by atoms with Crippen molar-refractivity contribution in [2.24, 2.45) is 5.92 Å². The summed E-state index contributed by atoms with van der Waals surface area (Å²) in [5.41, 5.74) is 0. The first-order valence-corrected chi connectivity index (χ1v) is 19.2. The second-order valence-electron chi connectivity index (χ2n) is 12.3. The minimum Gasteiger partial charge on any atom is -0.344 e. The third-order valence-electron chi connectivity index (χ3n) is 8.41. The Hall–Kier alpha value is -0.830. The summed E-state index contributed by atoms with van der Waals surface area (Å²) < 4.78 is 32.5. The van der Waals surface area contributed by atoms with Crippen LogP contribution in [-0.4, -0.2) is 33.7 Å². The van der Waals surface area contributed by atoms with Crippen LogP contribution in [0.2, 0.25) is 0 Å². The molecule has 0 saturated heterocycles. The van der Waals surface area contributed by atoms with E-state index in [1.807, 2.05) is 0 Å². The highest BCUT2D eigenvalue weighted by atomic mass is 32.3. The van der Waals surface area contributed by atoms with Gasteiger partial charge in [-0.05, 0) is 12.8 Å². The van der Waals surface area contributed by atoms with Crippen molar-refractivity contribution < 1.29 is 26.4 Å². The largest absolute Gasteiger partial charge is 0.399 e. The maximum Gasteiger partial charge on any atom is 0.399 e. The van der Waals surface area contributed by atoms with Gasteiger partial charge in [0.25, 0.3) is 0 Å². The van der Waals surface area contributed by atoms with Crippen LogP contribution in [0.25, 0.3) is 0 Å². The third kappa shape index (κ3) is 29.6. The van der Waals surface area contributed by atoms with Gasteiger partial charge in [0.15, 0.2) is 0 Å². The molecular formula is C35H71NO6S. The van der Waals surface area contributed by atoms with Crippen LogP contribution in [0.3, 0.4) is 0 Å². The lowest BCUT2D eigenvalue weighted by Gasteiger charge is -2.15. The first-order chi connectivity index (χ1) is 20.4. The number of carbonyl (C=O) groups is 2. The minimum absolute atomic E-state index is 0. The molecule has 258 valence electrons. The Kier molecular flexibility index (Phi) is 33.5. The normalized spacial score (nSPS) is 11.6. The van der Waals surface area contributed by atoms with Gasteiger partial charge in [-0.2, -0.15) is 8.42 Å². The summed E-state index contributed by atoms with van der Waals surface area (Å²) in [6.45, 7) is 4.05. The molecule has 8 heteroatoms. The van der Waals surface area contributed by atoms with Gasteiger partial charge in [0, 0.05) is 12.8 Å². The topological polar surface area (TPSA) is 122 Å². The van der Waals surface area contributed by atoms with E-state index in [0.717, 1.165) is 45.6 Å². The first-order valence-electron chi connectivity index (χ1n) is 17.9. The highest BCUT2D eigenvalue weighted by Gasteiger charge is 2.28. The van der Waals surface area contributed by atoms with Gasteiger partial charge in [0.05, 0.1) is 13.7 Å². The van der Waals surface area contributed by atoms with Gasteiger partial charge in [0.1, 0.15) is 17.5 Å². The highest BCUT2D eigenvalue weighted by molar-refractivity contribution is 7.81. The Bertz CT molecular complexity index is 686. The van der Waals surface area contributed by atoms with Gasteiger partial charge in [-0.15, -0.1) is 0 Å². The highest BCUT2D eigenvalue weighted by Crippen LogP contribution is 2.18. The molecule has 0 saturated carbocycles. The fraction of sp³-hybridized carbons (Fsp3) is 0.943. The summed E-state index contributed by atoms with van der Waals surface area (Å²) in [4.78, 5) is 25.8. The molecule has 0 fully saturated rings. The number of hydrogen-bond acceptors (Lipinski definition) is 7. The average molecular weight is 634 g/mol. The quantitative estimate of drug-likeness (QED) is 0.0552. The van der Waals surface area contributed by atoms with Gasteiger partial charge in [-0.1, -0.05) is 168 Å². The van der Waals surface area contributed by atoms with Crippen LogP contribution in [0.1, 0.15) is 194 Å². The molecule has 0 aromatic rings. The zero-order valence-corrected chi connectivity index (χ0v) is 29.5. The summed E-state index contributed by atoms with van der Waals surface area (Å²) in [6, 6.07) is 0. The fourth-order valence-corrected chi connectivity index (χ4v) is 5.95. The summed E-state index contributed by atoms with van der Waals surface area (Å²) in [5.74, 6) is -1.43. The van der Waals surface area contributed by atoms with E-state index < -0.39 is 22.9 Å². The number of unbranched alkanes of at least 4 members (excludes halogenated alkanes) is 24. The van der Waals surface area contributed by atoms with Crippen molar-refractivity contribution in [3.8, 4) is 0 Å². The number of carbonyl (C=O) groups excluding carboxylic acids is 2. The molecule has 0 heterocycles. The fourth-order valence-electron chi connectivity index (χ4n) is 5.55. The third-order valence-corrected chi connectivity index (χ3v) is 9.25. The molecule has 3 N–H and O–H groups in total. The average Bonchev–Trinajstić information content (AvgIpc) is 2.98. The Morgan fingerprint density at radius 3 is 1.00 bits per heavy atom. The van der Waals surface area contributed by atoms with E-state index in [9.17, 15) is 18.0 Å². The van der Waals surface area contributed by atoms with E-state index in [1.54, 1.807) is 0 Å². The number of hydrogen-bond donors (Lipinski definition) is 1. The predicted octanol–water partition coefficient (Wildman–Crippen LogP) is 10.8. The van der Waals surface area contributed by atoms with Gasteiger partial charge in [-0.25, -0.2) is 4.18 Å². The Labute approximate surface area is 267 Å². The zero-order valence-electron chi connectivity index (χ0n) is 28.6. The number of rotatable bonds is 34. The first kappa shape index (κ1) is 44.3. The van der Waals surface area contributed by atoms with Crippen molar-refractivity contribution in [1.82, 2.24) is 6.15 Å². The molecule has 0 aliphatic rings. The SMILES string of the molecule is CCCCCCCCCCCCCCCC(=O)C(COS(=O)(=O)OC)C(=O)CCCCCCCCCCCCCCC.N. The van der Waals surface area contributed by atoms with E-state index in [4.69, 9.17) is 4.18 Å². The Morgan fingerprint density at radius 1 is 0.488 bits per heavy atom. The van der Waals surface area contributed by atoms with Crippen LogP contribution in [-0.2, 0) is 28.4 Å². The number of Topliss-reactive ketones (excluding diaryl/α,β-unsaturated/α-hetero) is 2. The van der Waals surface area contributed by atoms with Crippen LogP contribution in [0.15, 0.2) is 0 Å². The predicted molar refractivity (Wildman–Crippen MR) is 181 cm³/mol. The second kappa shape index (κ2) is 32.6. The van der Waals surface area contributed by atoms with E-state index in [2.05, 4.69) is 18.0 Å². The molecule has 0 aliphatic heterocycles. The van der Waals surface area contributed by atoms with Crippen molar-refractivity contribution in [2.45, 2.75) is 194 Å². The van der Waals surface area contributed by atoms with Crippen LogP contribution < -0.4 is 6.15 Å². The van der Waals surface area contributed by atoms with E-state index in [1.165, 1.54) is 128 Å². The summed E-state index contributed by atoms with van der Waals surface area (Å²) >= 11 is 0. The molecule has 0 bridgehead atoms. The van der Waals surface area contributed by atoms with Crippen LogP contribution >= 0.6 is 0 Å². The smallest absolute Gasteiger partial charge is 0.344 e. The molecular weight excluding hydrogens is 562 g/mol. The van der Waals surface area contributed by atoms with Crippen LogP contribution in [0.5, 0.6) is 0 Å². The molecule has 0 aromatic heterocycles. The van der Waals surface area contributed by atoms with Gasteiger partial charge < -0.3 is 6.15 Å². The lowest BCUT2D eigenvalue weighted by atomic mass is 9.92. The molecule has 0 rings (SSSR count). The molecule has 0 atom stereocenters. The number of ketones is 2. The molecule has 0 aromatic carbocycles. The van der Waals surface area contributed by atoms with E-state index in [-0.39, 0.29) is 17.7 Å². The van der Waals surface area contributed by atoms with Crippen molar-refractivity contribution in [3.63, 3.8) is 0 Å². The van der Waals surface area contributed by atoms with Gasteiger partial charge >= 0.3 is 10.4 Å². The standard InChI is InChI=1S/C35H68O6S.H3N/c1-4-6-8-10-12-14-16-18-20-22-24-26-28-30-34(36)33(32-41-42(38,39)40-3)35(37)31-29-27-25-23-21-19-17-15-13-11-9-7-5-2;/h33H,4-32H2,1-3H3;1H3. The summed E-state index contributed by atoms with van der Waals surface area (Å²) in [6.07, 6.45) is 32.4. The molecule has 7 nitrogen and oxygen atoms in total. The maximum absolute atomic E-state index is 12.9. The molecule has 0 radical (unpaired) electrons. The molecule has 0 aliphatic carbocycles. The van der Waals surface area contributed by atoms with Crippen molar-refractivity contribution in [2.75, 3.05) is 13.7 Å². The Balaban J connectivity index is 0. The van der Waals surface area contributed by atoms with Gasteiger partial charge in [0.2, 0.25) is 0 Å². The van der Waals surface area contributed by atoms with Crippen LogP contribution in [0.4, 0.5) is 0 Å². The van der Waals surface area contributed by atoms with E-state index >= 15 is 0 Å². The minimum atomic E-state index is -4.18. The second-order valence-corrected chi connectivity index (χ2v) is 13.7. The van der Waals surface area contributed by atoms with Crippen molar-refractivity contribution in [3.05, 3.63) is 0 Å². The molecule has 0 unspecified atom stereocenters. The van der Waals surface area contributed by atoms with Crippen molar-refractivity contribution in [1.29, 1.82) is 0 Å². The summed E-state index contributed by atoms with van der Waals surface area (Å²) in [7, 11) is -3.17. The monoisotopic (exact) mass is 634 g/mol. The Morgan fingerprint density at radius 2 is 0.744 bits per heavy atom. The molecule has 0 amide bonds. The summed E-state index contributed by atoms with van der Waals surface area (Å²) in [5, 5.41) is 0. The van der Waals surface area contributed by atoms with Crippen molar-refractivity contribution >= 4 is 22.0 Å². The zero-order chi connectivity index (χ0) is 31.2. The maximum atomic E-state index is 12.9. The lowest BCUT2D eigenvalue weighted by molar-refractivity contribution is -0.134. The lowest BCUT2D eigenvalue weighted by Crippen LogP contribution is -2.30. The molecule has 43 heavy (non-hydrogen) atoms. The van der Waals surface area contributed by atoms with E-state index in [0.29, 0.717) is 12.8 Å². The van der Waals surface area contributed by atoms with Crippen LogP contribution in [0, 0.1) is 5.92 Å². The van der Waals surface area contributed by atoms with Gasteiger partial charge in [-0.3, -0.25) is 13.8 Å².